The van der Waals surface area contributed by atoms with Crippen molar-refractivity contribution in [3.63, 3.8) is 0 Å². The lowest BCUT2D eigenvalue weighted by Crippen LogP contribution is -2.35. The molecule has 1 aliphatic carbocycles. The molecule has 0 atom stereocenters. The molecule has 0 aromatic heterocycles. The van der Waals surface area contributed by atoms with Crippen molar-refractivity contribution in [3.8, 4) is 0 Å². The van der Waals surface area contributed by atoms with Crippen molar-refractivity contribution in [2.45, 2.75) is 33.3 Å². The Hall–Kier alpha value is -0.270. The molecule has 68 valence electrons. The van der Waals surface area contributed by atoms with Crippen LogP contribution in [-0.2, 0) is 0 Å². The molecule has 0 radical (unpaired) electrons. The van der Waals surface area contributed by atoms with Gasteiger partial charge in [-0.1, -0.05) is 31.5 Å². The fraction of sp³-hybridized carbons (Fsp3) is 0.600. The summed E-state index contributed by atoms with van der Waals surface area (Å²) in [5.41, 5.74) is 2.81. The highest BCUT2D eigenvalue weighted by molar-refractivity contribution is 6.26. The van der Waals surface area contributed by atoms with Gasteiger partial charge in [0, 0.05) is 11.0 Å². The average molecular weight is 187 g/mol. The van der Waals surface area contributed by atoms with Gasteiger partial charge in [-0.2, -0.15) is 0 Å². The number of halogens is 1. The lowest BCUT2D eigenvalue weighted by Gasteiger charge is -2.41. The van der Waals surface area contributed by atoms with E-state index in [-0.39, 0.29) is 5.41 Å². The Kier molecular flexibility index (Phi) is 2.13. The predicted molar refractivity (Wildman–Crippen MR) is 52.1 cm³/mol. The molecule has 1 rings (SSSR count). The van der Waals surface area contributed by atoms with Gasteiger partial charge in [-0.15, -0.1) is 0 Å². The Morgan fingerprint density at radius 1 is 1.50 bits per heavy atom. The third-order valence-electron chi connectivity index (χ3n) is 2.26. The largest absolute Gasteiger partial charge is 0.386 e. The van der Waals surface area contributed by atoms with Crippen LogP contribution in [0.4, 0.5) is 0 Å². The highest BCUT2D eigenvalue weighted by atomic mass is 35.5. The number of allylic oxidation sites excluding steroid dienone is 1. The fourth-order valence-corrected chi connectivity index (χ4v) is 1.89. The molecular weight excluding hydrogens is 172 g/mol. The summed E-state index contributed by atoms with van der Waals surface area (Å²) in [6.45, 7) is 7.70. The molecule has 0 saturated carbocycles. The van der Waals surface area contributed by atoms with Gasteiger partial charge in [-0.3, -0.25) is 0 Å². The van der Waals surface area contributed by atoms with E-state index in [9.17, 15) is 5.11 Å². The monoisotopic (exact) mass is 186 g/mol. The van der Waals surface area contributed by atoms with Crippen LogP contribution in [0.5, 0.6) is 0 Å². The molecule has 0 unspecified atom stereocenters. The summed E-state index contributed by atoms with van der Waals surface area (Å²) < 4.78 is 0. The molecule has 12 heavy (non-hydrogen) atoms. The van der Waals surface area contributed by atoms with E-state index >= 15 is 0 Å². The van der Waals surface area contributed by atoms with Gasteiger partial charge in [0.2, 0.25) is 0 Å². The smallest absolute Gasteiger partial charge is 0.0841 e. The molecule has 2 heteroatoms. The molecule has 1 aliphatic rings. The Bertz CT molecular complexity index is 254. The molecule has 0 saturated heterocycles. The van der Waals surface area contributed by atoms with Gasteiger partial charge in [-0.05, 0) is 25.0 Å². The summed E-state index contributed by atoms with van der Waals surface area (Å²) in [5, 5.41) is 9.70. The number of hydrogen-bond donors (Lipinski definition) is 1. The van der Waals surface area contributed by atoms with E-state index < -0.39 is 5.60 Å². The van der Waals surface area contributed by atoms with E-state index in [0.29, 0.717) is 0 Å². The zero-order valence-corrected chi connectivity index (χ0v) is 8.74. The van der Waals surface area contributed by atoms with E-state index in [4.69, 9.17) is 11.6 Å². The minimum atomic E-state index is -0.768. The van der Waals surface area contributed by atoms with Crippen molar-refractivity contribution in [1.82, 2.24) is 0 Å². The highest BCUT2D eigenvalue weighted by Gasteiger charge is 2.39. The first-order chi connectivity index (χ1) is 5.29. The second kappa shape index (κ2) is 2.61. The van der Waals surface area contributed by atoms with Gasteiger partial charge in [0.05, 0.1) is 5.60 Å². The van der Waals surface area contributed by atoms with Crippen molar-refractivity contribution in [2.24, 2.45) is 5.41 Å². The molecule has 1 N–H and O–H groups in total. The number of aliphatic hydroxyl groups is 1. The van der Waals surface area contributed by atoms with Crippen LogP contribution in [0.25, 0.3) is 0 Å². The van der Waals surface area contributed by atoms with Crippen LogP contribution in [0.3, 0.4) is 0 Å². The van der Waals surface area contributed by atoms with Crippen LogP contribution < -0.4 is 0 Å². The van der Waals surface area contributed by atoms with Crippen LogP contribution in [0.15, 0.2) is 22.8 Å². The summed E-state index contributed by atoms with van der Waals surface area (Å²) in [5.74, 6) is 0. The van der Waals surface area contributed by atoms with Crippen LogP contribution in [-0.4, -0.2) is 10.7 Å². The zero-order chi connectivity index (χ0) is 9.57. The van der Waals surface area contributed by atoms with Gasteiger partial charge in [0.15, 0.2) is 0 Å². The molecule has 0 aliphatic heterocycles. The van der Waals surface area contributed by atoms with Crippen molar-refractivity contribution >= 4 is 11.6 Å². The topological polar surface area (TPSA) is 20.2 Å². The first kappa shape index (κ1) is 9.82. The Labute approximate surface area is 78.7 Å². The quantitative estimate of drug-likeness (QED) is 0.668. The molecule has 1 nitrogen and oxygen atoms in total. The van der Waals surface area contributed by atoms with Crippen LogP contribution in [0.2, 0.25) is 0 Å². The predicted octanol–water partition coefficient (Wildman–Crippen LogP) is 2.85. The van der Waals surface area contributed by atoms with Gasteiger partial charge in [0.1, 0.15) is 0 Å². The molecule has 0 aromatic rings. The van der Waals surface area contributed by atoms with Gasteiger partial charge < -0.3 is 5.11 Å². The Morgan fingerprint density at radius 3 is 2.17 bits per heavy atom. The third-order valence-corrected chi connectivity index (χ3v) is 2.48. The Morgan fingerprint density at radius 2 is 2.00 bits per heavy atom. The van der Waals surface area contributed by atoms with Crippen molar-refractivity contribution in [3.05, 3.63) is 22.8 Å². The van der Waals surface area contributed by atoms with Crippen LogP contribution >= 0.6 is 11.6 Å². The van der Waals surface area contributed by atoms with E-state index in [1.807, 2.05) is 0 Å². The standard InChI is InChI=1S/C10H15ClO/c1-9(2)5-7(8(9)6-11)10(3,4)12/h5-6,12H,1-4H3/b8-6-. The van der Waals surface area contributed by atoms with Gasteiger partial charge >= 0.3 is 0 Å². The summed E-state index contributed by atoms with van der Waals surface area (Å²) in [6, 6.07) is 0. The zero-order valence-electron chi connectivity index (χ0n) is 7.98. The van der Waals surface area contributed by atoms with Gasteiger partial charge in [0.25, 0.3) is 0 Å². The maximum absolute atomic E-state index is 9.70. The van der Waals surface area contributed by atoms with Gasteiger partial charge in [-0.25, -0.2) is 0 Å². The minimum Gasteiger partial charge on any atom is -0.386 e. The number of rotatable bonds is 1. The molecular formula is C10H15ClO. The normalized spacial score (nSPS) is 25.2. The van der Waals surface area contributed by atoms with Crippen LogP contribution in [0.1, 0.15) is 27.7 Å². The molecule has 0 heterocycles. The van der Waals surface area contributed by atoms with E-state index in [2.05, 4.69) is 19.9 Å². The molecule has 0 aromatic carbocycles. The highest BCUT2D eigenvalue weighted by Crippen LogP contribution is 2.48. The van der Waals surface area contributed by atoms with E-state index in [1.54, 1.807) is 19.4 Å². The molecule has 0 amide bonds. The molecule has 0 spiro atoms. The summed E-state index contributed by atoms with van der Waals surface area (Å²) in [4.78, 5) is 0. The lowest BCUT2D eigenvalue weighted by atomic mass is 9.65. The van der Waals surface area contributed by atoms with Crippen molar-refractivity contribution in [2.75, 3.05) is 0 Å². The second-order valence-corrected chi connectivity index (χ2v) is 4.58. The third kappa shape index (κ3) is 1.44. The summed E-state index contributed by atoms with van der Waals surface area (Å²) in [6.07, 6.45) is 2.06. The van der Waals surface area contributed by atoms with E-state index in [1.165, 1.54) is 0 Å². The van der Waals surface area contributed by atoms with E-state index in [0.717, 1.165) is 11.1 Å². The summed E-state index contributed by atoms with van der Waals surface area (Å²) >= 11 is 5.67. The second-order valence-electron chi connectivity index (χ2n) is 4.36. The SMILES string of the molecule is CC(C)(O)C1=CC(C)(C)/C1=C\Cl. The first-order valence-corrected chi connectivity index (χ1v) is 4.49. The summed E-state index contributed by atoms with van der Waals surface area (Å²) in [7, 11) is 0. The van der Waals surface area contributed by atoms with Crippen molar-refractivity contribution < 1.29 is 5.11 Å². The maximum Gasteiger partial charge on any atom is 0.0841 e. The maximum atomic E-state index is 9.70. The fourth-order valence-electron chi connectivity index (χ4n) is 1.49. The Balaban J connectivity index is 3.02. The van der Waals surface area contributed by atoms with Crippen LogP contribution in [0, 0.1) is 5.41 Å². The van der Waals surface area contributed by atoms with Crippen molar-refractivity contribution in [1.29, 1.82) is 0 Å². The average Bonchev–Trinajstić information content (AvgIpc) is 1.82. The first-order valence-electron chi connectivity index (χ1n) is 4.06. The minimum absolute atomic E-state index is 0.0249. The molecule has 0 fully saturated rings. The molecule has 0 bridgehead atoms. The number of hydrogen-bond acceptors (Lipinski definition) is 1. The lowest BCUT2D eigenvalue weighted by molar-refractivity contribution is 0.113.